The number of benzene rings is 1. The Morgan fingerprint density at radius 2 is 1.85 bits per heavy atom. The summed E-state index contributed by atoms with van der Waals surface area (Å²) in [4.78, 5) is 10.8. The van der Waals surface area contributed by atoms with E-state index in [9.17, 15) is 13.2 Å². The monoisotopic (exact) mass is 299 g/mol. The molecule has 20 heavy (non-hydrogen) atoms. The van der Waals surface area contributed by atoms with Crippen LogP contribution in [0.1, 0.15) is 29.5 Å². The molecule has 0 aliphatic heterocycles. The van der Waals surface area contributed by atoms with Gasteiger partial charge in [0.15, 0.2) is 0 Å². The third-order valence-electron chi connectivity index (χ3n) is 3.24. The van der Waals surface area contributed by atoms with E-state index < -0.39 is 15.9 Å². The van der Waals surface area contributed by atoms with Crippen molar-refractivity contribution in [2.45, 2.75) is 38.5 Å². The second-order valence-electron chi connectivity index (χ2n) is 4.83. The van der Waals surface area contributed by atoms with Crippen LogP contribution in [0.15, 0.2) is 11.0 Å². The number of carbonyl (C=O) groups is 1. The van der Waals surface area contributed by atoms with Crippen molar-refractivity contribution in [1.29, 1.82) is 0 Å². The van der Waals surface area contributed by atoms with E-state index in [-0.39, 0.29) is 17.9 Å². The Kier molecular flexibility index (Phi) is 5.13. The number of rotatable bonds is 6. The normalized spacial score (nSPS) is 11.6. The Morgan fingerprint density at radius 1 is 1.25 bits per heavy atom. The van der Waals surface area contributed by atoms with Gasteiger partial charge in [-0.3, -0.25) is 4.79 Å². The Hall–Kier alpha value is -1.60. The molecule has 1 aromatic rings. The maximum atomic E-state index is 12.3. The zero-order chi connectivity index (χ0) is 15.5. The Balaban J connectivity index is 3.01. The highest BCUT2D eigenvalue weighted by Gasteiger charge is 2.21. The van der Waals surface area contributed by atoms with E-state index in [1.54, 1.807) is 19.9 Å². The Morgan fingerprint density at radius 3 is 2.40 bits per heavy atom. The van der Waals surface area contributed by atoms with E-state index >= 15 is 0 Å². The lowest BCUT2D eigenvalue weighted by Gasteiger charge is -2.15. The summed E-state index contributed by atoms with van der Waals surface area (Å²) in [6.07, 6.45) is 0.518. The number of aryl methyl sites for hydroxylation is 1. The quantitative estimate of drug-likeness (QED) is 0.530. The molecule has 0 spiro atoms. The maximum absolute atomic E-state index is 12.3. The molecule has 0 heterocycles. The van der Waals surface area contributed by atoms with Gasteiger partial charge >= 0.3 is 0 Å². The topological polar surface area (TPSA) is 115 Å². The maximum Gasteiger partial charge on any atom is 0.241 e. The van der Waals surface area contributed by atoms with Crippen molar-refractivity contribution in [3.05, 3.63) is 22.8 Å². The van der Waals surface area contributed by atoms with E-state index in [0.717, 1.165) is 5.56 Å². The summed E-state index contributed by atoms with van der Waals surface area (Å²) in [6, 6.07) is 1.76. The van der Waals surface area contributed by atoms with Crippen LogP contribution in [-0.2, 0) is 14.8 Å². The largest absolute Gasteiger partial charge is 0.398 e. The number of hydrogen-bond donors (Lipinski definition) is 3. The van der Waals surface area contributed by atoms with Gasteiger partial charge in [0.25, 0.3) is 0 Å². The minimum absolute atomic E-state index is 0.149. The van der Waals surface area contributed by atoms with Crippen molar-refractivity contribution >= 4 is 21.6 Å². The molecule has 7 heteroatoms. The summed E-state index contributed by atoms with van der Waals surface area (Å²) in [5, 5.41) is 0. The number of hydrogen-bond acceptors (Lipinski definition) is 4. The van der Waals surface area contributed by atoms with Crippen LogP contribution >= 0.6 is 0 Å². The fraction of sp³-hybridized carbons (Fsp3) is 0.462. The molecule has 0 saturated carbocycles. The second-order valence-corrected chi connectivity index (χ2v) is 6.53. The lowest BCUT2D eigenvalue weighted by atomic mass is 10.1. The zero-order valence-corrected chi connectivity index (χ0v) is 12.8. The number of primary amides is 1. The van der Waals surface area contributed by atoms with Crippen LogP contribution < -0.4 is 16.2 Å². The van der Waals surface area contributed by atoms with Crippen molar-refractivity contribution in [3.63, 3.8) is 0 Å². The van der Waals surface area contributed by atoms with Crippen LogP contribution in [0.5, 0.6) is 0 Å². The average molecular weight is 299 g/mol. The molecule has 0 fully saturated rings. The molecule has 112 valence electrons. The number of carbonyl (C=O) groups excluding carboxylic acids is 1. The minimum Gasteiger partial charge on any atom is -0.398 e. The lowest BCUT2D eigenvalue weighted by Crippen LogP contribution is -2.27. The molecule has 6 nitrogen and oxygen atoms in total. The molecular weight excluding hydrogens is 278 g/mol. The molecule has 0 bridgehead atoms. The van der Waals surface area contributed by atoms with E-state index in [4.69, 9.17) is 11.5 Å². The first kappa shape index (κ1) is 16.5. The highest BCUT2D eigenvalue weighted by atomic mass is 32.2. The van der Waals surface area contributed by atoms with Gasteiger partial charge in [0, 0.05) is 18.7 Å². The lowest BCUT2D eigenvalue weighted by molar-refractivity contribution is -0.118. The Bertz CT molecular complexity index is 598. The van der Waals surface area contributed by atoms with Gasteiger partial charge in [-0.15, -0.1) is 0 Å². The van der Waals surface area contributed by atoms with Gasteiger partial charge in [0.1, 0.15) is 0 Å². The van der Waals surface area contributed by atoms with Crippen LogP contribution in [0, 0.1) is 20.8 Å². The summed E-state index contributed by atoms with van der Waals surface area (Å²) >= 11 is 0. The van der Waals surface area contributed by atoms with Crippen LogP contribution in [0.2, 0.25) is 0 Å². The summed E-state index contributed by atoms with van der Waals surface area (Å²) in [5.41, 5.74) is 13.3. The van der Waals surface area contributed by atoms with Crippen LogP contribution in [0.25, 0.3) is 0 Å². The highest BCUT2D eigenvalue weighted by molar-refractivity contribution is 7.89. The molecule has 0 atom stereocenters. The van der Waals surface area contributed by atoms with Crippen molar-refractivity contribution < 1.29 is 13.2 Å². The first-order valence-corrected chi connectivity index (χ1v) is 7.79. The van der Waals surface area contributed by atoms with E-state index in [1.807, 2.05) is 6.92 Å². The fourth-order valence-corrected chi connectivity index (χ4v) is 3.63. The average Bonchev–Trinajstić information content (AvgIpc) is 2.32. The third kappa shape index (κ3) is 3.71. The van der Waals surface area contributed by atoms with Crippen molar-refractivity contribution in [3.8, 4) is 0 Å². The number of sulfonamides is 1. The molecule has 0 unspecified atom stereocenters. The minimum atomic E-state index is -3.65. The second kappa shape index (κ2) is 6.23. The first-order valence-electron chi connectivity index (χ1n) is 6.31. The van der Waals surface area contributed by atoms with Crippen molar-refractivity contribution in [2.24, 2.45) is 5.73 Å². The van der Waals surface area contributed by atoms with Gasteiger partial charge in [-0.2, -0.15) is 0 Å². The van der Waals surface area contributed by atoms with Gasteiger partial charge in [0.2, 0.25) is 15.9 Å². The molecule has 0 radical (unpaired) electrons. The SMILES string of the molecule is Cc1cc(N)c(C)c(S(=O)(=O)NCCCC(N)=O)c1C. The highest BCUT2D eigenvalue weighted by Crippen LogP contribution is 2.27. The van der Waals surface area contributed by atoms with E-state index in [1.165, 1.54) is 0 Å². The Labute approximate surface area is 119 Å². The predicted molar refractivity (Wildman–Crippen MR) is 78.7 cm³/mol. The summed E-state index contributed by atoms with van der Waals surface area (Å²) in [6.45, 7) is 5.41. The number of anilines is 1. The van der Waals surface area contributed by atoms with Gasteiger partial charge in [-0.1, -0.05) is 0 Å². The van der Waals surface area contributed by atoms with E-state index in [0.29, 0.717) is 23.2 Å². The number of nitrogens with two attached hydrogens (primary N) is 2. The fourth-order valence-electron chi connectivity index (χ4n) is 1.99. The number of amides is 1. The molecule has 0 aliphatic carbocycles. The van der Waals surface area contributed by atoms with Crippen LogP contribution in [0.3, 0.4) is 0 Å². The third-order valence-corrected chi connectivity index (χ3v) is 4.97. The number of nitrogens with one attached hydrogen (secondary N) is 1. The molecule has 0 aliphatic rings. The van der Waals surface area contributed by atoms with E-state index in [2.05, 4.69) is 4.72 Å². The summed E-state index contributed by atoms with van der Waals surface area (Å²) in [7, 11) is -3.65. The molecule has 1 amide bonds. The standard InChI is InChI=1S/C13H21N3O3S/c1-8-7-11(14)10(3)13(9(8)2)20(18,19)16-6-4-5-12(15)17/h7,16H,4-6,14H2,1-3H3,(H2,15,17). The predicted octanol–water partition coefficient (Wildman–Crippen LogP) is 0.738. The molecule has 5 N–H and O–H groups in total. The first-order chi connectivity index (χ1) is 9.16. The molecule has 1 aromatic carbocycles. The molecule has 0 aromatic heterocycles. The zero-order valence-electron chi connectivity index (χ0n) is 12.0. The van der Waals surface area contributed by atoms with Crippen LogP contribution in [-0.4, -0.2) is 20.9 Å². The van der Waals surface area contributed by atoms with Gasteiger partial charge < -0.3 is 11.5 Å². The van der Waals surface area contributed by atoms with Crippen LogP contribution in [0.4, 0.5) is 5.69 Å². The summed E-state index contributed by atoms with van der Waals surface area (Å²) in [5.74, 6) is -0.448. The molecular formula is C13H21N3O3S. The molecule has 0 saturated heterocycles. The van der Waals surface area contributed by atoms with Crippen molar-refractivity contribution in [1.82, 2.24) is 4.72 Å². The smallest absolute Gasteiger partial charge is 0.241 e. The number of nitrogen functional groups attached to an aromatic ring is 1. The van der Waals surface area contributed by atoms with Crippen molar-refractivity contribution in [2.75, 3.05) is 12.3 Å². The van der Waals surface area contributed by atoms with Gasteiger partial charge in [-0.05, 0) is 49.9 Å². The van der Waals surface area contributed by atoms with Gasteiger partial charge in [0.05, 0.1) is 4.90 Å². The van der Waals surface area contributed by atoms with Gasteiger partial charge in [-0.25, -0.2) is 13.1 Å². The molecule has 1 rings (SSSR count). The summed E-state index contributed by atoms with van der Waals surface area (Å²) < 4.78 is 27.2.